The third kappa shape index (κ3) is 6.19. The molecule has 1 fully saturated rings. The average Bonchev–Trinajstić information content (AvgIpc) is 3.09. The fourth-order valence-electron chi connectivity index (χ4n) is 1.60. The van der Waals surface area contributed by atoms with Crippen LogP contribution in [0.5, 0.6) is 0 Å². The van der Waals surface area contributed by atoms with E-state index in [1.54, 1.807) is 0 Å². The molecule has 0 spiro atoms. The van der Waals surface area contributed by atoms with Crippen molar-refractivity contribution in [2.24, 2.45) is 0 Å². The number of carboxylic acid groups (broad SMARTS) is 1. The normalized spacial score (nSPS) is 15.9. The molecule has 0 saturated heterocycles. The molecule has 0 aliphatic heterocycles. The smallest absolute Gasteiger partial charge is 0.321 e. The molecular weight excluding hydrogens is 250 g/mol. The Labute approximate surface area is 112 Å². The van der Waals surface area contributed by atoms with Crippen LogP contribution in [0.4, 0.5) is 4.79 Å². The summed E-state index contributed by atoms with van der Waals surface area (Å²) in [6, 6.07) is -0.363. The van der Waals surface area contributed by atoms with Crippen molar-refractivity contribution in [2.45, 2.75) is 45.2 Å². The molecule has 7 heteroatoms. The minimum Gasteiger partial charge on any atom is -0.480 e. The number of amides is 3. The van der Waals surface area contributed by atoms with E-state index in [0.717, 1.165) is 19.3 Å². The second-order valence-electron chi connectivity index (χ2n) is 4.85. The molecule has 3 amide bonds. The van der Waals surface area contributed by atoms with Crippen LogP contribution in [-0.2, 0) is 9.59 Å². The molecular formula is C12H21N3O4. The van der Waals surface area contributed by atoms with Gasteiger partial charge in [0.25, 0.3) is 0 Å². The number of carboxylic acids is 1. The number of carbonyl (C=O) groups is 3. The van der Waals surface area contributed by atoms with Gasteiger partial charge in [0.2, 0.25) is 5.91 Å². The first kappa shape index (κ1) is 15.4. The molecule has 1 saturated carbocycles. The second kappa shape index (κ2) is 7.08. The average molecular weight is 271 g/mol. The molecule has 3 N–H and O–H groups in total. The molecule has 0 heterocycles. The summed E-state index contributed by atoms with van der Waals surface area (Å²) in [5.41, 5.74) is 0. The van der Waals surface area contributed by atoms with Gasteiger partial charge in [0, 0.05) is 12.1 Å². The molecule has 1 rings (SSSR count). The highest BCUT2D eigenvalue weighted by atomic mass is 16.4. The molecule has 1 atom stereocenters. The highest BCUT2D eigenvalue weighted by Gasteiger charge is 2.25. The van der Waals surface area contributed by atoms with Gasteiger partial charge in [-0.1, -0.05) is 6.92 Å². The first-order valence-electron chi connectivity index (χ1n) is 6.48. The van der Waals surface area contributed by atoms with Crippen LogP contribution < -0.4 is 10.6 Å². The summed E-state index contributed by atoms with van der Waals surface area (Å²) < 4.78 is 0. The fraction of sp³-hybridized carbons (Fsp3) is 0.750. The fourth-order valence-corrected chi connectivity index (χ4v) is 1.60. The monoisotopic (exact) mass is 271 g/mol. The van der Waals surface area contributed by atoms with E-state index >= 15 is 0 Å². The van der Waals surface area contributed by atoms with Crippen molar-refractivity contribution < 1.29 is 19.5 Å². The van der Waals surface area contributed by atoms with Gasteiger partial charge in [0.15, 0.2) is 0 Å². The van der Waals surface area contributed by atoms with Crippen molar-refractivity contribution in [1.82, 2.24) is 15.5 Å². The first-order valence-corrected chi connectivity index (χ1v) is 6.48. The van der Waals surface area contributed by atoms with Crippen LogP contribution in [0, 0.1) is 0 Å². The van der Waals surface area contributed by atoms with Gasteiger partial charge >= 0.3 is 12.0 Å². The van der Waals surface area contributed by atoms with Gasteiger partial charge in [-0.15, -0.1) is 0 Å². The minimum atomic E-state index is -0.990. The third-order valence-corrected chi connectivity index (χ3v) is 3.06. The number of carbonyl (C=O) groups excluding carboxylic acids is 2. The van der Waals surface area contributed by atoms with E-state index in [1.165, 1.54) is 4.90 Å². The maximum Gasteiger partial charge on any atom is 0.321 e. The highest BCUT2D eigenvalue weighted by molar-refractivity contribution is 5.95. The highest BCUT2D eigenvalue weighted by Crippen LogP contribution is 2.18. The van der Waals surface area contributed by atoms with Gasteiger partial charge in [-0.25, -0.2) is 4.79 Å². The number of aliphatic carboxylic acids is 1. The van der Waals surface area contributed by atoms with Crippen LogP contribution in [0.2, 0.25) is 0 Å². The van der Waals surface area contributed by atoms with Gasteiger partial charge in [0.05, 0.1) is 13.1 Å². The molecule has 0 radical (unpaired) electrons. The molecule has 1 aliphatic carbocycles. The molecule has 0 aromatic heterocycles. The lowest BCUT2D eigenvalue weighted by molar-refractivity contribution is -0.139. The lowest BCUT2D eigenvalue weighted by atomic mass is 10.2. The molecule has 108 valence electrons. The quantitative estimate of drug-likeness (QED) is 0.612. The molecule has 0 bridgehead atoms. The summed E-state index contributed by atoms with van der Waals surface area (Å²) >= 11 is 0. The van der Waals surface area contributed by atoms with Crippen LogP contribution in [0.3, 0.4) is 0 Å². The van der Waals surface area contributed by atoms with E-state index in [0.29, 0.717) is 0 Å². The van der Waals surface area contributed by atoms with Crippen molar-refractivity contribution in [2.75, 3.05) is 13.1 Å². The van der Waals surface area contributed by atoms with Crippen molar-refractivity contribution in [3.63, 3.8) is 0 Å². The Kier molecular flexibility index (Phi) is 5.75. The van der Waals surface area contributed by atoms with Crippen LogP contribution in [-0.4, -0.2) is 53.1 Å². The Bertz CT molecular complexity index is 355. The summed E-state index contributed by atoms with van der Waals surface area (Å²) in [4.78, 5) is 35.3. The first-order chi connectivity index (χ1) is 8.92. The predicted molar refractivity (Wildman–Crippen MR) is 68.7 cm³/mol. The van der Waals surface area contributed by atoms with E-state index < -0.39 is 17.9 Å². The van der Waals surface area contributed by atoms with Gasteiger partial charge in [-0.2, -0.15) is 0 Å². The predicted octanol–water partition coefficient (Wildman–Crippen LogP) is 0.160. The van der Waals surface area contributed by atoms with E-state index in [1.807, 2.05) is 13.8 Å². The number of nitrogens with zero attached hydrogens (tertiary/aromatic N) is 1. The van der Waals surface area contributed by atoms with Crippen molar-refractivity contribution >= 4 is 17.9 Å². The number of rotatable bonds is 7. The van der Waals surface area contributed by atoms with E-state index in [4.69, 9.17) is 5.11 Å². The van der Waals surface area contributed by atoms with E-state index in [2.05, 4.69) is 10.6 Å². The molecule has 0 aromatic rings. The number of hydrogen-bond donors (Lipinski definition) is 3. The maximum absolute atomic E-state index is 11.7. The second-order valence-corrected chi connectivity index (χ2v) is 4.85. The van der Waals surface area contributed by atoms with Crippen LogP contribution in [0.25, 0.3) is 0 Å². The van der Waals surface area contributed by atoms with Crippen molar-refractivity contribution in [3.8, 4) is 0 Å². The largest absolute Gasteiger partial charge is 0.480 e. The summed E-state index contributed by atoms with van der Waals surface area (Å²) in [7, 11) is 0. The number of urea groups is 1. The third-order valence-electron chi connectivity index (χ3n) is 3.06. The summed E-state index contributed by atoms with van der Waals surface area (Å²) in [5, 5.41) is 13.6. The number of imide groups is 1. The summed E-state index contributed by atoms with van der Waals surface area (Å²) in [6.45, 7) is 3.45. The standard InChI is InChI=1S/C12H21N3O4/c1-3-8(2)15(7-11(17)18)6-10(16)14-12(19)13-9-4-5-9/h8-9H,3-7H2,1-2H3,(H,17,18)(H2,13,14,16,19). The zero-order valence-corrected chi connectivity index (χ0v) is 11.3. The SMILES string of the molecule is CCC(C)N(CC(=O)O)CC(=O)NC(=O)NC1CC1. The van der Waals surface area contributed by atoms with E-state index in [-0.39, 0.29) is 25.2 Å². The summed E-state index contributed by atoms with van der Waals surface area (Å²) in [6.07, 6.45) is 2.62. The lowest BCUT2D eigenvalue weighted by Gasteiger charge is -2.25. The number of hydrogen-bond acceptors (Lipinski definition) is 4. The Morgan fingerprint density at radius 2 is 1.95 bits per heavy atom. The Morgan fingerprint density at radius 1 is 1.32 bits per heavy atom. The molecule has 1 aliphatic rings. The lowest BCUT2D eigenvalue weighted by Crippen LogP contribution is -2.48. The van der Waals surface area contributed by atoms with Crippen LogP contribution >= 0.6 is 0 Å². The minimum absolute atomic E-state index is 0.0339. The molecule has 19 heavy (non-hydrogen) atoms. The van der Waals surface area contributed by atoms with Crippen molar-refractivity contribution in [3.05, 3.63) is 0 Å². The van der Waals surface area contributed by atoms with Gasteiger partial charge in [0.1, 0.15) is 0 Å². The Balaban J connectivity index is 2.40. The Morgan fingerprint density at radius 3 is 2.42 bits per heavy atom. The van der Waals surface area contributed by atoms with Gasteiger partial charge in [-0.05, 0) is 26.2 Å². The molecule has 7 nitrogen and oxygen atoms in total. The summed E-state index contributed by atoms with van der Waals surface area (Å²) in [5.74, 6) is -1.48. The zero-order chi connectivity index (χ0) is 14.4. The topological polar surface area (TPSA) is 98.7 Å². The van der Waals surface area contributed by atoms with E-state index in [9.17, 15) is 14.4 Å². The molecule has 0 aromatic carbocycles. The van der Waals surface area contributed by atoms with Crippen LogP contribution in [0.1, 0.15) is 33.1 Å². The zero-order valence-electron chi connectivity index (χ0n) is 11.3. The maximum atomic E-state index is 11.7. The number of nitrogens with one attached hydrogen (secondary N) is 2. The Hall–Kier alpha value is -1.63. The van der Waals surface area contributed by atoms with Gasteiger partial charge in [-0.3, -0.25) is 19.8 Å². The van der Waals surface area contributed by atoms with Crippen LogP contribution in [0.15, 0.2) is 0 Å². The molecule has 1 unspecified atom stereocenters. The van der Waals surface area contributed by atoms with Crippen molar-refractivity contribution in [1.29, 1.82) is 0 Å². The van der Waals surface area contributed by atoms with Gasteiger partial charge < -0.3 is 10.4 Å².